The third-order valence-corrected chi connectivity index (χ3v) is 5.15. The van der Waals surface area contributed by atoms with Gasteiger partial charge in [0.05, 0.1) is 12.9 Å². The lowest BCUT2D eigenvalue weighted by Gasteiger charge is -2.32. The van der Waals surface area contributed by atoms with E-state index in [9.17, 15) is 4.79 Å². The Labute approximate surface area is 146 Å². The summed E-state index contributed by atoms with van der Waals surface area (Å²) in [5, 5.41) is 8.76. The minimum absolute atomic E-state index is 0.259. The highest BCUT2D eigenvalue weighted by Crippen LogP contribution is 2.26. The molecule has 3 rings (SSSR count). The molecule has 0 bridgehead atoms. The van der Waals surface area contributed by atoms with Crippen molar-refractivity contribution in [1.29, 1.82) is 0 Å². The van der Waals surface area contributed by atoms with Crippen LogP contribution in [0.3, 0.4) is 0 Å². The van der Waals surface area contributed by atoms with E-state index in [4.69, 9.17) is 0 Å². The molecule has 2 aromatic heterocycles. The lowest BCUT2D eigenvalue weighted by atomic mass is 9.97. The summed E-state index contributed by atoms with van der Waals surface area (Å²) in [6.07, 6.45) is 10.2. The molecule has 0 radical (unpaired) electrons. The van der Waals surface area contributed by atoms with E-state index in [2.05, 4.69) is 19.7 Å². The van der Waals surface area contributed by atoms with Crippen LogP contribution in [0.2, 0.25) is 0 Å². The second kappa shape index (κ2) is 7.83. The SMILES string of the molecule is CSCCC(=O)N1CCC[C@H](c2nnc(Cn3ccnc3)n2C)C1. The molecule has 0 saturated carbocycles. The van der Waals surface area contributed by atoms with Crippen LogP contribution < -0.4 is 0 Å². The van der Waals surface area contributed by atoms with Crippen molar-refractivity contribution in [3.8, 4) is 0 Å². The fraction of sp³-hybridized carbons (Fsp3) is 0.625. The van der Waals surface area contributed by atoms with E-state index in [0.29, 0.717) is 13.0 Å². The van der Waals surface area contributed by atoms with E-state index in [1.165, 1.54) is 0 Å². The van der Waals surface area contributed by atoms with E-state index in [1.54, 1.807) is 24.3 Å². The molecule has 7 nitrogen and oxygen atoms in total. The van der Waals surface area contributed by atoms with Crippen LogP contribution >= 0.6 is 11.8 Å². The monoisotopic (exact) mass is 348 g/mol. The third-order valence-electron chi connectivity index (χ3n) is 4.54. The number of imidazole rings is 1. The predicted octanol–water partition coefficient (Wildman–Crippen LogP) is 1.52. The summed E-state index contributed by atoms with van der Waals surface area (Å²) in [6, 6.07) is 0. The van der Waals surface area contributed by atoms with E-state index in [1.807, 2.05) is 29.0 Å². The standard InChI is InChI=1S/C16H24N6OS/c1-20-14(11-21-8-6-17-12-21)18-19-16(20)13-4-3-7-22(10-13)15(23)5-9-24-2/h6,8,12-13H,3-5,7,9-11H2,1-2H3/t13-/m0/s1. The summed E-state index contributed by atoms with van der Waals surface area (Å²) in [7, 11) is 2.01. The summed E-state index contributed by atoms with van der Waals surface area (Å²) in [4.78, 5) is 18.3. The van der Waals surface area contributed by atoms with Gasteiger partial charge in [-0.05, 0) is 19.1 Å². The van der Waals surface area contributed by atoms with E-state index in [0.717, 1.165) is 43.3 Å². The van der Waals surface area contributed by atoms with Gasteiger partial charge >= 0.3 is 0 Å². The first-order chi connectivity index (χ1) is 11.7. The average molecular weight is 348 g/mol. The van der Waals surface area contributed by atoms with Crippen LogP contribution in [0.1, 0.15) is 36.8 Å². The Morgan fingerprint density at radius 3 is 3.04 bits per heavy atom. The van der Waals surface area contributed by atoms with Gasteiger partial charge in [0.15, 0.2) is 5.82 Å². The van der Waals surface area contributed by atoms with Crippen molar-refractivity contribution in [3.05, 3.63) is 30.4 Å². The molecule has 1 saturated heterocycles. The fourth-order valence-electron chi connectivity index (χ4n) is 3.17. The van der Waals surface area contributed by atoms with Crippen molar-refractivity contribution in [3.63, 3.8) is 0 Å². The lowest BCUT2D eigenvalue weighted by molar-refractivity contribution is -0.132. The molecule has 0 unspecified atom stereocenters. The Balaban J connectivity index is 1.67. The largest absolute Gasteiger partial charge is 0.342 e. The molecule has 130 valence electrons. The van der Waals surface area contributed by atoms with Gasteiger partial charge in [0.2, 0.25) is 5.91 Å². The third kappa shape index (κ3) is 3.80. The van der Waals surface area contributed by atoms with Gasteiger partial charge in [0.25, 0.3) is 0 Å². The van der Waals surface area contributed by atoms with Crippen molar-refractivity contribution < 1.29 is 4.79 Å². The molecule has 2 aromatic rings. The van der Waals surface area contributed by atoms with Crippen molar-refractivity contribution in [2.45, 2.75) is 31.7 Å². The lowest BCUT2D eigenvalue weighted by Crippen LogP contribution is -2.39. The molecule has 1 amide bonds. The quantitative estimate of drug-likeness (QED) is 0.792. The van der Waals surface area contributed by atoms with Crippen LogP contribution in [-0.2, 0) is 18.4 Å². The number of amides is 1. The Bertz CT molecular complexity index is 668. The second-order valence-corrected chi connectivity index (χ2v) is 7.18. The maximum atomic E-state index is 12.3. The topological polar surface area (TPSA) is 68.8 Å². The predicted molar refractivity (Wildman–Crippen MR) is 93.9 cm³/mol. The molecule has 24 heavy (non-hydrogen) atoms. The number of hydrogen-bond donors (Lipinski definition) is 0. The molecule has 0 aromatic carbocycles. The minimum Gasteiger partial charge on any atom is -0.342 e. The van der Waals surface area contributed by atoms with Crippen molar-refractivity contribution in [2.24, 2.45) is 7.05 Å². The summed E-state index contributed by atoms with van der Waals surface area (Å²) >= 11 is 1.72. The van der Waals surface area contributed by atoms with Crippen LogP contribution in [0, 0.1) is 0 Å². The summed E-state index contributed by atoms with van der Waals surface area (Å²) in [5.41, 5.74) is 0. The first kappa shape index (κ1) is 17.0. The van der Waals surface area contributed by atoms with Crippen molar-refractivity contribution in [2.75, 3.05) is 25.1 Å². The maximum absolute atomic E-state index is 12.3. The average Bonchev–Trinajstić information content (AvgIpc) is 3.24. The molecule has 0 aliphatic carbocycles. The van der Waals surface area contributed by atoms with Gasteiger partial charge in [-0.2, -0.15) is 11.8 Å². The highest BCUT2D eigenvalue weighted by atomic mass is 32.2. The summed E-state index contributed by atoms with van der Waals surface area (Å²) in [5.74, 6) is 3.31. The molecule has 1 aliphatic heterocycles. The molecule has 1 aliphatic rings. The number of thioether (sulfide) groups is 1. The van der Waals surface area contributed by atoms with Gasteiger partial charge < -0.3 is 14.0 Å². The van der Waals surface area contributed by atoms with Crippen LogP contribution in [0.5, 0.6) is 0 Å². The molecular weight excluding hydrogens is 324 g/mol. The Morgan fingerprint density at radius 1 is 1.42 bits per heavy atom. The zero-order valence-electron chi connectivity index (χ0n) is 14.3. The summed E-state index contributed by atoms with van der Waals surface area (Å²) in [6.45, 7) is 2.28. The molecular formula is C16H24N6OS. The number of aromatic nitrogens is 5. The molecule has 1 atom stereocenters. The maximum Gasteiger partial charge on any atom is 0.223 e. The molecule has 0 spiro atoms. The number of piperidine rings is 1. The van der Waals surface area contributed by atoms with Crippen LogP contribution in [-0.4, -0.2) is 60.2 Å². The first-order valence-corrected chi connectivity index (χ1v) is 9.69. The van der Waals surface area contributed by atoms with Crippen LogP contribution in [0.4, 0.5) is 0 Å². The van der Waals surface area contributed by atoms with E-state index >= 15 is 0 Å². The highest BCUT2D eigenvalue weighted by molar-refractivity contribution is 7.98. The van der Waals surface area contributed by atoms with Gasteiger partial charge in [-0.15, -0.1) is 10.2 Å². The van der Waals surface area contributed by atoms with Crippen LogP contribution in [0.25, 0.3) is 0 Å². The van der Waals surface area contributed by atoms with E-state index < -0.39 is 0 Å². The second-order valence-electron chi connectivity index (χ2n) is 6.19. The van der Waals surface area contributed by atoms with Gasteiger partial charge in [-0.1, -0.05) is 0 Å². The van der Waals surface area contributed by atoms with Gasteiger partial charge in [-0.3, -0.25) is 4.79 Å². The van der Waals surface area contributed by atoms with Crippen molar-refractivity contribution >= 4 is 17.7 Å². The normalized spacial score (nSPS) is 18.1. The number of nitrogens with zero attached hydrogens (tertiary/aromatic N) is 6. The summed E-state index contributed by atoms with van der Waals surface area (Å²) < 4.78 is 4.05. The Hall–Kier alpha value is -1.83. The molecule has 0 N–H and O–H groups in total. The number of rotatable bonds is 6. The zero-order chi connectivity index (χ0) is 16.9. The van der Waals surface area contributed by atoms with Crippen molar-refractivity contribution in [1.82, 2.24) is 29.2 Å². The molecule has 3 heterocycles. The van der Waals surface area contributed by atoms with E-state index in [-0.39, 0.29) is 11.8 Å². The number of likely N-dealkylation sites (tertiary alicyclic amines) is 1. The first-order valence-electron chi connectivity index (χ1n) is 8.29. The zero-order valence-corrected chi connectivity index (χ0v) is 15.1. The van der Waals surface area contributed by atoms with Gasteiger partial charge in [0, 0.05) is 50.6 Å². The van der Waals surface area contributed by atoms with Gasteiger partial charge in [0.1, 0.15) is 5.82 Å². The van der Waals surface area contributed by atoms with Gasteiger partial charge in [-0.25, -0.2) is 4.98 Å². The molecule has 1 fully saturated rings. The highest BCUT2D eigenvalue weighted by Gasteiger charge is 2.28. The minimum atomic E-state index is 0.259. The smallest absolute Gasteiger partial charge is 0.223 e. The fourth-order valence-corrected chi connectivity index (χ4v) is 3.55. The van der Waals surface area contributed by atoms with Crippen LogP contribution in [0.15, 0.2) is 18.7 Å². The Kier molecular flexibility index (Phi) is 5.55. The number of carbonyl (C=O) groups is 1. The number of carbonyl (C=O) groups excluding carboxylic acids is 1. The molecule has 8 heteroatoms. The Morgan fingerprint density at radius 2 is 2.29 bits per heavy atom. The number of hydrogen-bond acceptors (Lipinski definition) is 5.